The highest BCUT2D eigenvalue weighted by molar-refractivity contribution is 9.10. The number of nitrogens with one attached hydrogen (secondary N) is 1. The van der Waals surface area contributed by atoms with Crippen LogP contribution in [0.2, 0.25) is 0 Å². The number of anilines is 1. The van der Waals surface area contributed by atoms with Crippen LogP contribution in [0.5, 0.6) is 5.75 Å². The minimum absolute atomic E-state index is 0.0241. The van der Waals surface area contributed by atoms with Crippen LogP contribution in [-0.2, 0) is 22.9 Å². The average Bonchev–Trinajstić information content (AvgIpc) is 2.92. The Hall–Kier alpha value is -3.76. The number of methoxy groups -OCH3 is 1. The molecule has 0 bridgehead atoms. The number of benzene rings is 3. The number of nitrogens with zero attached hydrogens (tertiary/aromatic N) is 3. The highest BCUT2D eigenvalue weighted by Crippen LogP contribution is 2.20. The van der Waals surface area contributed by atoms with Crippen LogP contribution in [0, 0.1) is 0 Å². The van der Waals surface area contributed by atoms with Crippen LogP contribution in [0.3, 0.4) is 0 Å². The summed E-state index contributed by atoms with van der Waals surface area (Å²) in [6, 6.07) is 23.5. The van der Waals surface area contributed by atoms with E-state index in [0.717, 1.165) is 16.5 Å². The topological polar surface area (TPSA) is 101 Å². The number of sulfonamides is 1. The van der Waals surface area contributed by atoms with Crippen molar-refractivity contribution in [1.82, 2.24) is 14.7 Å². The third-order valence-electron chi connectivity index (χ3n) is 5.90. The number of amides is 1. The molecule has 0 unspecified atom stereocenters. The minimum Gasteiger partial charge on any atom is -0.497 e. The number of rotatable bonds is 10. The SMILES string of the molecule is COc1ccc(Cc2nc(N(C)CCc3ccccc3)ncc2C(=O)NS(=O)(=O)c2ccc(Br)cc2)cc1. The summed E-state index contributed by atoms with van der Waals surface area (Å²) in [5.74, 6) is 0.350. The van der Waals surface area contributed by atoms with Crippen LogP contribution in [0.4, 0.5) is 5.95 Å². The average molecular weight is 596 g/mol. The molecule has 0 saturated carbocycles. The third-order valence-corrected chi connectivity index (χ3v) is 7.78. The zero-order valence-corrected chi connectivity index (χ0v) is 23.4. The van der Waals surface area contributed by atoms with Crippen molar-refractivity contribution in [2.24, 2.45) is 0 Å². The maximum atomic E-state index is 13.2. The number of ether oxygens (including phenoxy) is 1. The molecule has 0 aliphatic carbocycles. The van der Waals surface area contributed by atoms with Crippen molar-refractivity contribution in [3.63, 3.8) is 0 Å². The Kier molecular flexibility index (Phi) is 8.75. The van der Waals surface area contributed by atoms with Gasteiger partial charge in [0.15, 0.2) is 0 Å². The molecule has 0 fully saturated rings. The smallest absolute Gasteiger partial charge is 0.268 e. The Bertz CT molecular complexity index is 1500. The summed E-state index contributed by atoms with van der Waals surface area (Å²) < 4.78 is 33.8. The molecule has 0 atom stereocenters. The van der Waals surface area contributed by atoms with Crippen molar-refractivity contribution < 1.29 is 17.9 Å². The van der Waals surface area contributed by atoms with Gasteiger partial charge in [-0.3, -0.25) is 4.79 Å². The summed E-state index contributed by atoms with van der Waals surface area (Å²) in [7, 11) is -0.621. The summed E-state index contributed by atoms with van der Waals surface area (Å²) in [6.07, 6.45) is 2.47. The Morgan fingerprint density at radius 2 is 1.66 bits per heavy atom. The van der Waals surface area contributed by atoms with E-state index in [2.05, 4.69) is 42.8 Å². The molecule has 0 saturated heterocycles. The van der Waals surface area contributed by atoms with Crippen LogP contribution in [0.15, 0.2) is 94.4 Å². The Labute approximate surface area is 230 Å². The molecule has 38 heavy (non-hydrogen) atoms. The zero-order valence-electron chi connectivity index (χ0n) is 21.0. The van der Waals surface area contributed by atoms with Gasteiger partial charge in [-0.1, -0.05) is 58.4 Å². The summed E-state index contributed by atoms with van der Waals surface area (Å²) in [5.41, 5.74) is 2.57. The summed E-state index contributed by atoms with van der Waals surface area (Å²) in [6.45, 7) is 0.662. The lowest BCUT2D eigenvalue weighted by Gasteiger charge is -2.19. The number of carbonyl (C=O) groups excluding carboxylic acids is 1. The maximum Gasteiger partial charge on any atom is 0.268 e. The molecular weight excluding hydrogens is 568 g/mol. The lowest BCUT2D eigenvalue weighted by Crippen LogP contribution is -2.32. The number of hydrogen-bond donors (Lipinski definition) is 1. The van der Waals surface area contributed by atoms with Crippen LogP contribution < -0.4 is 14.4 Å². The molecule has 0 aliphatic heterocycles. The first kappa shape index (κ1) is 27.3. The maximum absolute atomic E-state index is 13.2. The second kappa shape index (κ2) is 12.2. The van der Waals surface area contributed by atoms with E-state index in [1.54, 1.807) is 19.2 Å². The van der Waals surface area contributed by atoms with Crippen molar-refractivity contribution in [3.05, 3.63) is 112 Å². The van der Waals surface area contributed by atoms with Crippen molar-refractivity contribution in [2.75, 3.05) is 25.6 Å². The van der Waals surface area contributed by atoms with E-state index in [1.807, 2.05) is 54.4 Å². The Morgan fingerprint density at radius 3 is 2.32 bits per heavy atom. The van der Waals surface area contributed by atoms with Gasteiger partial charge in [-0.15, -0.1) is 0 Å². The van der Waals surface area contributed by atoms with Crippen molar-refractivity contribution in [2.45, 2.75) is 17.7 Å². The standard InChI is InChI=1S/C28H27BrN4O4S/c1-33(17-16-20-6-4-3-5-7-20)28-30-19-25(26(31-28)18-21-8-12-23(37-2)13-9-21)27(34)32-38(35,36)24-14-10-22(29)11-15-24/h3-15,19H,16-18H2,1-2H3,(H,32,34). The van der Waals surface area contributed by atoms with Gasteiger partial charge in [-0.05, 0) is 53.9 Å². The minimum atomic E-state index is -4.09. The molecule has 0 spiro atoms. The van der Waals surface area contributed by atoms with Crippen molar-refractivity contribution in [3.8, 4) is 5.75 Å². The molecule has 10 heteroatoms. The highest BCUT2D eigenvalue weighted by atomic mass is 79.9. The quantitative estimate of drug-likeness (QED) is 0.285. The molecule has 196 valence electrons. The predicted octanol–water partition coefficient (Wildman–Crippen LogP) is 4.64. The van der Waals surface area contributed by atoms with E-state index >= 15 is 0 Å². The van der Waals surface area contributed by atoms with Gasteiger partial charge < -0.3 is 9.64 Å². The van der Waals surface area contributed by atoms with Gasteiger partial charge in [0.2, 0.25) is 5.95 Å². The van der Waals surface area contributed by atoms with Crippen LogP contribution in [0.25, 0.3) is 0 Å². The molecule has 1 heterocycles. The number of halogens is 1. The number of aromatic nitrogens is 2. The van der Waals surface area contributed by atoms with Gasteiger partial charge in [-0.2, -0.15) is 0 Å². The van der Waals surface area contributed by atoms with E-state index in [1.165, 1.54) is 23.9 Å². The first-order valence-electron chi connectivity index (χ1n) is 11.8. The first-order valence-corrected chi connectivity index (χ1v) is 14.1. The van der Waals surface area contributed by atoms with Gasteiger partial charge in [0, 0.05) is 30.7 Å². The first-order chi connectivity index (χ1) is 18.2. The van der Waals surface area contributed by atoms with Crippen molar-refractivity contribution in [1.29, 1.82) is 0 Å². The molecule has 1 amide bonds. The summed E-state index contributed by atoms with van der Waals surface area (Å²) in [5, 5.41) is 0. The predicted molar refractivity (Wildman–Crippen MR) is 150 cm³/mol. The third kappa shape index (κ3) is 6.96. The number of hydrogen-bond acceptors (Lipinski definition) is 7. The summed E-state index contributed by atoms with van der Waals surface area (Å²) >= 11 is 3.28. The fraction of sp³-hybridized carbons (Fsp3) is 0.179. The monoisotopic (exact) mass is 594 g/mol. The zero-order chi connectivity index (χ0) is 27.1. The largest absolute Gasteiger partial charge is 0.497 e. The lowest BCUT2D eigenvalue weighted by atomic mass is 10.1. The van der Waals surface area contributed by atoms with E-state index in [0.29, 0.717) is 30.4 Å². The molecule has 3 aromatic carbocycles. The van der Waals surface area contributed by atoms with Crippen LogP contribution in [0.1, 0.15) is 27.2 Å². The molecule has 4 rings (SSSR count). The molecule has 1 aromatic heterocycles. The van der Waals surface area contributed by atoms with Gasteiger partial charge in [0.05, 0.1) is 23.3 Å². The number of likely N-dealkylation sites (N-methyl/N-ethyl adjacent to an activating group) is 1. The number of carbonyl (C=O) groups is 1. The van der Waals surface area contributed by atoms with Crippen molar-refractivity contribution >= 4 is 37.8 Å². The lowest BCUT2D eigenvalue weighted by molar-refractivity contribution is 0.0980. The molecule has 8 nitrogen and oxygen atoms in total. The summed E-state index contributed by atoms with van der Waals surface area (Å²) in [4.78, 5) is 24.1. The fourth-order valence-corrected chi connectivity index (χ4v) is 4.97. The fourth-order valence-electron chi connectivity index (χ4n) is 3.74. The van der Waals surface area contributed by atoms with Gasteiger partial charge in [0.25, 0.3) is 15.9 Å². The van der Waals surface area contributed by atoms with E-state index < -0.39 is 15.9 Å². The molecule has 0 aliphatic rings. The Morgan fingerprint density at radius 1 is 0.974 bits per heavy atom. The molecule has 1 N–H and O–H groups in total. The van der Waals surface area contributed by atoms with Crippen LogP contribution in [-0.4, -0.2) is 45.0 Å². The molecular formula is C28H27BrN4O4S. The second-order valence-corrected chi connectivity index (χ2v) is 11.2. The highest BCUT2D eigenvalue weighted by Gasteiger charge is 2.23. The van der Waals surface area contributed by atoms with Gasteiger partial charge in [-0.25, -0.2) is 23.1 Å². The second-order valence-electron chi connectivity index (χ2n) is 8.60. The molecule has 0 radical (unpaired) electrons. The normalized spacial score (nSPS) is 11.1. The Balaban J connectivity index is 1.61. The van der Waals surface area contributed by atoms with E-state index in [-0.39, 0.29) is 10.5 Å². The van der Waals surface area contributed by atoms with Crippen LogP contribution >= 0.6 is 15.9 Å². The molecule has 4 aromatic rings. The van der Waals surface area contributed by atoms with Gasteiger partial charge >= 0.3 is 0 Å². The van der Waals surface area contributed by atoms with E-state index in [9.17, 15) is 13.2 Å². The van der Waals surface area contributed by atoms with E-state index in [4.69, 9.17) is 4.74 Å². The van der Waals surface area contributed by atoms with Gasteiger partial charge in [0.1, 0.15) is 5.75 Å².